The van der Waals surface area contributed by atoms with Gasteiger partial charge >= 0.3 is 0 Å². The number of benzene rings is 1. The van der Waals surface area contributed by atoms with E-state index in [9.17, 15) is 15.0 Å². The van der Waals surface area contributed by atoms with Crippen LogP contribution in [0.25, 0.3) is 10.9 Å². The van der Waals surface area contributed by atoms with E-state index in [1.165, 1.54) is 14.0 Å². The van der Waals surface area contributed by atoms with Gasteiger partial charge in [0, 0.05) is 18.7 Å². The first-order chi connectivity index (χ1) is 13.1. The second-order valence-corrected chi connectivity index (χ2v) is 7.75. The van der Waals surface area contributed by atoms with E-state index in [0.29, 0.717) is 5.69 Å². The number of hydrogen-bond donors (Lipinski definition) is 4. The summed E-state index contributed by atoms with van der Waals surface area (Å²) in [5.41, 5.74) is 1.17. The Morgan fingerprint density at radius 2 is 2.00 bits per heavy atom. The molecule has 0 saturated heterocycles. The van der Waals surface area contributed by atoms with Gasteiger partial charge in [0.15, 0.2) is 6.61 Å². The van der Waals surface area contributed by atoms with Crippen LogP contribution in [0.3, 0.4) is 0 Å². The quantitative estimate of drug-likeness (QED) is 0.407. The van der Waals surface area contributed by atoms with Crippen LogP contribution in [0, 0.1) is 5.41 Å². The molecule has 154 valence electrons. The Labute approximate surface area is 164 Å². The lowest BCUT2D eigenvalue weighted by molar-refractivity contribution is -0.120. The summed E-state index contributed by atoms with van der Waals surface area (Å²) in [6.45, 7) is 6.83. The number of aromatic amines is 1. The number of methoxy groups -OCH3 is 1. The Bertz CT molecular complexity index is 823. The number of para-hydroxylation sites is 1. The molecule has 8 heteroatoms. The summed E-state index contributed by atoms with van der Waals surface area (Å²) >= 11 is 0. The number of amides is 1. The van der Waals surface area contributed by atoms with Gasteiger partial charge < -0.3 is 30.1 Å². The largest absolute Gasteiger partial charge is 0.390 e. The molecule has 0 fully saturated rings. The van der Waals surface area contributed by atoms with Crippen LogP contribution in [0.2, 0.25) is 0 Å². The van der Waals surface area contributed by atoms with Crippen molar-refractivity contribution in [3.05, 3.63) is 30.5 Å². The number of hydrogen-bond acceptors (Lipinski definition) is 6. The van der Waals surface area contributed by atoms with Crippen molar-refractivity contribution in [1.29, 1.82) is 0 Å². The number of rotatable bonds is 8. The lowest BCUT2D eigenvalue weighted by Crippen LogP contribution is -2.46. The average molecular weight is 391 g/mol. The lowest BCUT2D eigenvalue weighted by atomic mass is 9.83. The van der Waals surface area contributed by atoms with Gasteiger partial charge in [-0.15, -0.1) is 0 Å². The smallest absolute Gasteiger partial charge is 0.265 e. The van der Waals surface area contributed by atoms with Crippen LogP contribution in [0.4, 0.5) is 5.69 Å². The first-order valence-corrected chi connectivity index (χ1v) is 9.09. The van der Waals surface area contributed by atoms with Crippen molar-refractivity contribution in [1.82, 2.24) is 4.98 Å². The van der Waals surface area contributed by atoms with Crippen molar-refractivity contribution in [3.63, 3.8) is 0 Å². The number of aliphatic hydroxyl groups excluding tert-OH is 2. The molecule has 8 nitrogen and oxygen atoms in total. The molecule has 1 amide bonds. The molecule has 0 saturated carbocycles. The van der Waals surface area contributed by atoms with Crippen molar-refractivity contribution in [2.75, 3.05) is 19.0 Å². The van der Waals surface area contributed by atoms with Gasteiger partial charge in [-0.25, -0.2) is 0 Å². The Balaban J connectivity index is 2.09. The highest BCUT2D eigenvalue weighted by Crippen LogP contribution is 2.25. The molecule has 1 heterocycles. The monoisotopic (exact) mass is 391 g/mol. The molecule has 0 radical (unpaired) electrons. The molecule has 0 aliphatic rings. The molecule has 1 aromatic carbocycles. The van der Waals surface area contributed by atoms with Gasteiger partial charge in [-0.3, -0.25) is 4.79 Å². The van der Waals surface area contributed by atoms with Gasteiger partial charge in [-0.2, -0.15) is 0 Å². The molecule has 2 aromatic rings. The number of carbonyl (C=O) groups is 1. The van der Waals surface area contributed by atoms with Crippen molar-refractivity contribution in [2.24, 2.45) is 10.6 Å². The summed E-state index contributed by atoms with van der Waals surface area (Å²) in [7, 11) is 1.49. The fourth-order valence-electron chi connectivity index (χ4n) is 2.96. The Kier molecular flexibility index (Phi) is 7.17. The van der Waals surface area contributed by atoms with Crippen molar-refractivity contribution in [2.45, 2.75) is 46.0 Å². The minimum Gasteiger partial charge on any atom is -0.390 e. The highest BCUT2D eigenvalue weighted by atomic mass is 16.6. The third-order valence-electron chi connectivity index (χ3n) is 4.28. The summed E-state index contributed by atoms with van der Waals surface area (Å²) in [5.74, 6) is -0.401. The lowest BCUT2D eigenvalue weighted by Gasteiger charge is -2.32. The van der Waals surface area contributed by atoms with Crippen LogP contribution in [0.1, 0.15) is 27.7 Å². The highest BCUT2D eigenvalue weighted by molar-refractivity contribution is 6.01. The Hall–Kier alpha value is -2.42. The molecular formula is C20H29N3O5. The molecule has 0 bridgehead atoms. The van der Waals surface area contributed by atoms with Gasteiger partial charge in [-0.05, 0) is 24.5 Å². The molecule has 0 aliphatic carbocycles. The minimum absolute atomic E-state index is 0.129. The average Bonchev–Trinajstić information content (AvgIpc) is 3.09. The molecule has 0 spiro atoms. The molecule has 1 aromatic heterocycles. The number of anilines is 1. The van der Waals surface area contributed by atoms with Crippen LogP contribution in [-0.2, 0) is 14.4 Å². The predicted molar refractivity (Wildman–Crippen MR) is 108 cm³/mol. The third kappa shape index (κ3) is 5.31. The molecule has 3 atom stereocenters. The van der Waals surface area contributed by atoms with E-state index in [4.69, 9.17) is 9.57 Å². The first kappa shape index (κ1) is 21.9. The van der Waals surface area contributed by atoms with Crippen LogP contribution < -0.4 is 5.32 Å². The number of aliphatic hydroxyl groups is 2. The first-order valence-electron chi connectivity index (χ1n) is 9.09. The van der Waals surface area contributed by atoms with E-state index in [1.54, 1.807) is 12.3 Å². The number of ether oxygens (including phenoxy) is 1. The number of carbonyl (C=O) groups excluding carboxylic acids is 1. The third-order valence-corrected chi connectivity index (χ3v) is 4.28. The SMILES string of the molecule is CO[C@H](/C(=N/OCC(=O)Nc1cccc2cc[nH]c12)[C@@H](O)[C@@H](C)O)C(C)(C)C. The van der Waals surface area contributed by atoms with Crippen LogP contribution in [0.5, 0.6) is 0 Å². The van der Waals surface area contributed by atoms with E-state index >= 15 is 0 Å². The number of H-pyrrole nitrogens is 1. The summed E-state index contributed by atoms with van der Waals surface area (Å²) < 4.78 is 5.45. The van der Waals surface area contributed by atoms with Crippen molar-refractivity contribution < 1.29 is 24.6 Å². The number of aromatic nitrogens is 1. The molecular weight excluding hydrogens is 362 g/mol. The van der Waals surface area contributed by atoms with Gasteiger partial charge in [0.25, 0.3) is 5.91 Å². The zero-order valence-corrected chi connectivity index (χ0v) is 16.9. The van der Waals surface area contributed by atoms with E-state index in [2.05, 4.69) is 15.5 Å². The van der Waals surface area contributed by atoms with Crippen LogP contribution in [0.15, 0.2) is 35.6 Å². The topological polar surface area (TPSA) is 116 Å². The second kappa shape index (κ2) is 9.18. The van der Waals surface area contributed by atoms with Crippen molar-refractivity contribution in [3.8, 4) is 0 Å². The molecule has 28 heavy (non-hydrogen) atoms. The highest BCUT2D eigenvalue weighted by Gasteiger charge is 2.35. The normalized spacial score (nSPS) is 15.9. The maximum atomic E-state index is 12.2. The molecule has 4 N–H and O–H groups in total. The Morgan fingerprint density at radius 1 is 1.29 bits per heavy atom. The molecule has 0 unspecified atom stereocenters. The van der Waals surface area contributed by atoms with Gasteiger partial charge in [0.2, 0.25) is 0 Å². The number of fused-ring (bicyclic) bond motifs is 1. The summed E-state index contributed by atoms with van der Waals surface area (Å²) in [6, 6.07) is 7.47. The fraction of sp³-hybridized carbons (Fsp3) is 0.500. The molecule has 2 rings (SSSR count). The summed E-state index contributed by atoms with van der Waals surface area (Å²) in [4.78, 5) is 20.5. The predicted octanol–water partition coefficient (Wildman–Crippen LogP) is 2.28. The summed E-state index contributed by atoms with van der Waals surface area (Å²) in [6.07, 6.45) is -1.16. The zero-order valence-electron chi connectivity index (χ0n) is 16.9. The second-order valence-electron chi connectivity index (χ2n) is 7.75. The van der Waals surface area contributed by atoms with Gasteiger partial charge in [0.1, 0.15) is 17.9 Å². The van der Waals surface area contributed by atoms with E-state index in [0.717, 1.165) is 10.9 Å². The summed E-state index contributed by atoms with van der Waals surface area (Å²) in [5, 5.41) is 27.7. The van der Waals surface area contributed by atoms with Gasteiger partial charge in [0.05, 0.1) is 17.3 Å². The maximum absolute atomic E-state index is 12.2. The number of oxime groups is 1. The number of nitrogens with zero attached hydrogens (tertiary/aromatic N) is 1. The van der Waals surface area contributed by atoms with E-state index in [1.807, 2.05) is 39.0 Å². The van der Waals surface area contributed by atoms with E-state index < -0.39 is 29.6 Å². The zero-order chi connectivity index (χ0) is 20.9. The standard InChI is InChI=1S/C20H29N3O5/c1-12(24)18(26)17(19(27-5)20(2,3)4)23-28-11-15(25)22-14-8-6-7-13-9-10-21-16(13)14/h6-10,12,18-19,21,24,26H,11H2,1-5H3,(H,22,25)/b23-17+/t12-,18+,19-/m1/s1. The van der Waals surface area contributed by atoms with E-state index in [-0.39, 0.29) is 12.3 Å². The van der Waals surface area contributed by atoms with Gasteiger partial charge in [-0.1, -0.05) is 38.1 Å². The minimum atomic E-state index is -1.28. The fourth-order valence-corrected chi connectivity index (χ4v) is 2.96. The molecule has 0 aliphatic heterocycles. The van der Waals surface area contributed by atoms with Crippen LogP contribution >= 0.6 is 0 Å². The number of nitrogens with one attached hydrogen (secondary N) is 2. The Morgan fingerprint density at radius 3 is 2.61 bits per heavy atom. The van der Waals surface area contributed by atoms with Crippen molar-refractivity contribution >= 4 is 28.2 Å². The van der Waals surface area contributed by atoms with Crippen LogP contribution in [-0.4, -0.2) is 58.8 Å². The maximum Gasteiger partial charge on any atom is 0.265 e.